The molecule has 2 aromatic heterocycles. The molecule has 0 amide bonds. The van der Waals surface area contributed by atoms with Crippen molar-refractivity contribution >= 4 is 5.65 Å². The zero-order chi connectivity index (χ0) is 9.47. The zero-order valence-electron chi connectivity index (χ0n) is 7.60. The Bertz CT molecular complexity index is 425. The maximum atomic E-state index is 5.92. The molecule has 68 valence electrons. The lowest BCUT2D eigenvalue weighted by molar-refractivity contribution is 0.508. The Morgan fingerprint density at radius 3 is 2.85 bits per heavy atom. The molecule has 0 unspecified atom stereocenters. The summed E-state index contributed by atoms with van der Waals surface area (Å²) in [6.07, 6.45) is 5.15. The van der Waals surface area contributed by atoms with E-state index in [1.807, 2.05) is 18.2 Å². The van der Waals surface area contributed by atoms with Crippen molar-refractivity contribution in [1.82, 2.24) is 19.6 Å². The van der Waals surface area contributed by atoms with Crippen molar-refractivity contribution in [1.29, 1.82) is 0 Å². The minimum absolute atomic E-state index is 0.485. The van der Waals surface area contributed by atoms with Crippen LogP contribution >= 0.6 is 0 Å². The maximum Gasteiger partial charge on any atom is 0.179 e. The topological polar surface area (TPSA) is 69.1 Å². The van der Waals surface area contributed by atoms with E-state index in [0.717, 1.165) is 11.5 Å². The molecule has 2 N–H and O–H groups in total. The Morgan fingerprint density at radius 2 is 2.15 bits per heavy atom. The van der Waals surface area contributed by atoms with Gasteiger partial charge in [-0.3, -0.25) is 9.38 Å². The number of nitrogens with two attached hydrogens (primary N) is 1. The third-order valence-corrected chi connectivity index (χ3v) is 1.79. The van der Waals surface area contributed by atoms with Gasteiger partial charge >= 0.3 is 0 Å². The highest BCUT2D eigenvalue weighted by atomic mass is 15.3. The van der Waals surface area contributed by atoms with Gasteiger partial charge in [0.25, 0.3) is 0 Å². The molecule has 0 aliphatic carbocycles. The Hall–Kier alpha value is -1.49. The summed E-state index contributed by atoms with van der Waals surface area (Å²) in [5.41, 5.74) is 6.16. The normalized spacial score (nSPS) is 12.2. The third-order valence-electron chi connectivity index (χ3n) is 1.79. The summed E-state index contributed by atoms with van der Waals surface area (Å²) in [5.74, 6) is 0.741. The third kappa shape index (κ3) is 1.27. The SMILES string of the molecule is CC(C)(N)c1nnc2cnccn12. The smallest absolute Gasteiger partial charge is 0.179 e. The summed E-state index contributed by atoms with van der Waals surface area (Å²) in [5, 5.41) is 7.97. The highest BCUT2D eigenvalue weighted by Gasteiger charge is 2.20. The van der Waals surface area contributed by atoms with E-state index in [4.69, 9.17) is 5.73 Å². The molecule has 0 atom stereocenters. The largest absolute Gasteiger partial charge is 0.319 e. The fourth-order valence-electron chi connectivity index (χ4n) is 1.19. The number of hydrogen-bond donors (Lipinski definition) is 1. The van der Waals surface area contributed by atoms with Gasteiger partial charge in [-0.2, -0.15) is 0 Å². The van der Waals surface area contributed by atoms with E-state index in [1.54, 1.807) is 18.6 Å². The Kier molecular flexibility index (Phi) is 1.56. The summed E-state index contributed by atoms with van der Waals surface area (Å²) in [6.45, 7) is 3.79. The lowest BCUT2D eigenvalue weighted by Crippen LogP contribution is -2.31. The van der Waals surface area contributed by atoms with Gasteiger partial charge < -0.3 is 5.73 Å². The van der Waals surface area contributed by atoms with E-state index >= 15 is 0 Å². The molecule has 13 heavy (non-hydrogen) atoms. The summed E-state index contributed by atoms with van der Waals surface area (Å²) in [7, 11) is 0. The summed E-state index contributed by atoms with van der Waals surface area (Å²) in [6, 6.07) is 0. The number of hydrogen-bond acceptors (Lipinski definition) is 4. The number of aromatic nitrogens is 4. The quantitative estimate of drug-likeness (QED) is 0.681. The molecule has 2 heterocycles. The molecule has 5 heteroatoms. The van der Waals surface area contributed by atoms with E-state index in [1.165, 1.54) is 0 Å². The Morgan fingerprint density at radius 1 is 1.38 bits per heavy atom. The molecular weight excluding hydrogens is 166 g/mol. The van der Waals surface area contributed by atoms with E-state index < -0.39 is 5.54 Å². The first-order valence-electron chi connectivity index (χ1n) is 4.03. The van der Waals surface area contributed by atoms with Crippen molar-refractivity contribution in [2.45, 2.75) is 19.4 Å². The van der Waals surface area contributed by atoms with Gasteiger partial charge in [0, 0.05) is 12.4 Å². The van der Waals surface area contributed by atoms with Gasteiger partial charge in [-0.25, -0.2) is 0 Å². The van der Waals surface area contributed by atoms with Crippen LogP contribution in [0.1, 0.15) is 19.7 Å². The van der Waals surface area contributed by atoms with E-state index in [-0.39, 0.29) is 0 Å². The average molecular weight is 177 g/mol. The van der Waals surface area contributed by atoms with Gasteiger partial charge in [-0.1, -0.05) is 0 Å². The van der Waals surface area contributed by atoms with Crippen molar-refractivity contribution in [2.75, 3.05) is 0 Å². The van der Waals surface area contributed by atoms with Crippen molar-refractivity contribution < 1.29 is 0 Å². The lowest BCUT2D eigenvalue weighted by atomic mass is 10.1. The second-order valence-corrected chi connectivity index (χ2v) is 3.55. The molecule has 0 saturated carbocycles. The zero-order valence-corrected chi connectivity index (χ0v) is 7.60. The Labute approximate surface area is 75.6 Å². The van der Waals surface area contributed by atoms with E-state index in [2.05, 4.69) is 15.2 Å². The van der Waals surface area contributed by atoms with Crippen molar-refractivity contribution in [3.63, 3.8) is 0 Å². The van der Waals surface area contributed by atoms with Crippen molar-refractivity contribution in [2.24, 2.45) is 5.73 Å². The molecule has 0 radical (unpaired) electrons. The summed E-state index contributed by atoms with van der Waals surface area (Å²) >= 11 is 0. The molecular formula is C8H11N5. The van der Waals surface area contributed by atoms with Crippen LogP contribution in [0.4, 0.5) is 0 Å². The van der Waals surface area contributed by atoms with Crippen LogP contribution in [-0.4, -0.2) is 19.6 Å². The standard InChI is InChI=1S/C8H11N5/c1-8(2,9)7-12-11-6-5-10-3-4-13(6)7/h3-5H,9H2,1-2H3. The molecule has 2 aromatic rings. The molecule has 0 bridgehead atoms. The first-order chi connectivity index (χ1) is 6.09. The van der Waals surface area contributed by atoms with Crippen LogP contribution < -0.4 is 5.73 Å². The van der Waals surface area contributed by atoms with Gasteiger partial charge in [0.1, 0.15) is 0 Å². The molecule has 0 aliphatic rings. The number of fused-ring (bicyclic) bond motifs is 1. The van der Waals surface area contributed by atoms with Gasteiger partial charge in [0.2, 0.25) is 0 Å². The highest BCUT2D eigenvalue weighted by Crippen LogP contribution is 2.14. The summed E-state index contributed by atoms with van der Waals surface area (Å²) < 4.78 is 1.84. The van der Waals surface area contributed by atoms with Crippen molar-refractivity contribution in [3.05, 3.63) is 24.4 Å². The second kappa shape index (κ2) is 2.50. The van der Waals surface area contributed by atoms with Crippen LogP contribution in [0.2, 0.25) is 0 Å². The van der Waals surface area contributed by atoms with Gasteiger partial charge in [-0.05, 0) is 13.8 Å². The fourth-order valence-corrected chi connectivity index (χ4v) is 1.19. The average Bonchev–Trinajstić information content (AvgIpc) is 2.45. The molecule has 0 aliphatic heterocycles. The predicted molar refractivity (Wildman–Crippen MR) is 48.0 cm³/mol. The predicted octanol–water partition coefficient (Wildman–Crippen LogP) is 0.318. The molecule has 2 rings (SSSR count). The minimum atomic E-state index is -0.485. The van der Waals surface area contributed by atoms with E-state index in [9.17, 15) is 0 Å². The maximum absolute atomic E-state index is 5.92. The van der Waals surface area contributed by atoms with Gasteiger partial charge in [0.05, 0.1) is 11.7 Å². The lowest BCUT2D eigenvalue weighted by Gasteiger charge is -2.15. The second-order valence-electron chi connectivity index (χ2n) is 3.55. The van der Waals surface area contributed by atoms with Gasteiger partial charge in [-0.15, -0.1) is 10.2 Å². The van der Waals surface area contributed by atoms with Crippen LogP contribution in [0.5, 0.6) is 0 Å². The van der Waals surface area contributed by atoms with Crippen LogP contribution in [0.3, 0.4) is 0 Å². The molecule has 0 fully saturated rings. The molecule has 0 aromatic carbocycles. The number of rotatable bonds is 1. The van der Waals surface area contributed by atoms with Crippen LogP contribution in [0.25, 0.3) is 5.65 Å². The molecule has 0 saturated heterocycles. The molecule has 0 spiro atoms. The molecule has 5 nitrogen and oxygen atoms in total. The minimum Gasteiger partial charge on any atom is -0.319 e. The van der Waals surface area contributed by atoms with Crippen LogP contribution in [-0.2, 0) is 5.54 Å². The van der Waals surface area contributed by atoms with Crippen LogP contribution in [0, 0.1) is 0 Å². The fraction of sp³-hybridized carbons (Fsp3) is 0.375. The van der Waals surface area contributed by atoms with Crippen LogP contribution in [0.15, 0.2) is 18.6 Å². The number of nitrogens with zero attached hydrogens (tertiary/aromatic N) is 4. The summed E-state index contributed by atoms with van der Waals surface area (Å²) in [4.78, 5) is 3.94. The van der Waals surface area contributed by atoms with Crippen molar-refractivity contribution in [3.8, 4) is 0 Å². The Balaban J connectivity index is 2.72. The highest BCUT2D eigenvalue weighted by molar-refractivity contribution is 5.34. The van der Waals surface area contributed by atoms with Gasteiger partial charge in [0.15, 0.2) is 11.5 Å². The first-order valence-corrected chi connectivity index (χ1v) is 4.03. The monoisotopic (exact) mass is 177 g/mol. The van der Waals surface area contributed by atoms with E-state index in [0.29, 0.717) is 0 Å². The first kappa shape index (κ1) is 8.12.